The number of ether oxygens (including phenoxy) is 1. The number of nitrogens with two attached hydrogens (primary N) is 1. The van der Waals surface area contributed by atoms with E-state index in [-0.39, 0.29) is 34.6 Å². The smallest absolute Gasteiger partial charge is 0.225 e. The van der Waals surface area contributed by atoms with Gasteiger partial charge in [-0.05, 0) is 44.6 Å². The van der Waals surface area contributed by atoms with E-state index in [0.717, 1.165) is 31.6 Å². The molecule has 1 amide bonds. The third-order valence-electron chi connectivity index (χ3n) is 6.63. The van der Waals surface area contributed by atoms with E-state index in [2.05, 4.69) is 20.6 Å². The zero-order chi connectivity index (χ0) is 24.5. The van der Waals surface area contributed by atoms with Gasteiger partial charge in [-0.25, -0.2) is 18.7 Å². The Kier molecular flexibility index (Phi) is 6.70. The molecule has 2 aliphatic rings. The first-order chi connectivity index (χ1) is 16.9. The van der Waals surface area contributed by atoms with E-state index in [9.17, 15) is 13.6 Å². The van der Waals surface area contributed by atoms with Crippen LogP contribution in [0.4, 0.5) is 26.4 Å². The van der Waals surface area contributed by atoms with Gasteiger partial charge >= 0.3 is 0 Å². The van der Waals surface area contributed by atoms with Gasteiger partial charge < -0.3 is 21.1 Å². The van der Waals surface area contributed by atoms with Gasteiger partial charge in [-0.1, -0.05) is 11.6 Å². The maximum atomic E-state index is 14.6. The molecule has 186 valence electrons. The Morgan fingerprint density at radius 3 is 2.66 bits per heavy atom. The monoisotopic (exact) mass is 505 g/mol. The zero-order valence-electron chi connectivity index (χ0n) is 18.9. The van der Waals surface area contributed by atoms with E-state index in [0.29, 0.717) is 55.4 Å². The Hall–Kier alpha value is -3.05. The number of halogens is 3. The van der Waals surface area contributed by atoms with Gasteiger partial charge in [-0.2, -0.15) is 4.98 Å². The first kappa shape index (κ1) is 23.7. The summed E-state index contributed by atoms with van der Waals surface area (Å²) in [6.07, 6.45) is 6.09. The van der Waals surface area contributed by atoms with Crippen LogP contribution in [0, 0.1) is 17.6 Å². The summed E-state index contributed by atoms with van der Waals surface area (Å²) in [6, 6.07) is 1.83. The molecule has 0 radical (unpaired) electrons. The molecule has 3 heterocycles. The van der Waals surface area contributed by atoms with Gasteiger partial charge in [0.2, 0.25) is 17.8 Å². The predicted octanol–water partition coefficient (Wildman–Crippen LogP) is 4.31. The van der Waals surface area contributed by atoms with E-state index >= 15 is 0 Å². The summed E-state index contributed by atoms with van der Waals surface area (Å²) in [6.45, 7) is 1.32. The fourth-order valence-electron chi connectivity index (χ4n) is 4.82. The van der Waals surface area contributed by atoms with Crippen LogP contribution in [0.2, 0.25) is 5.02 Å². The molecule has 3 aromatic rings. The van der Waals surface area contributed by atoms with Crippen LogP contribution in [0.5, 0.6) is 0 Å². The van der Waals surface area contributed by atoms with Crippen molar-refractivity contribution in [3.8, 4) is 0 Å². The van der Waals surface area contributed by atoms with Crippen molar-refractivity contribution in [2.45, 2.75) is 50.6 Å². The van der Waals surface area contributed by atoms with Crippen molar-refractivity contribution in [2.24, 2.45) is 11.7 Å². The maximum Gasteiger partial charge on any atom is 0.225 e. The van der Waals surface area contributed by atoms with Gasteiger partial charge in [0, 0.05) is 24.6 Å². The minimum atomic E-state index is -0.836. The van der Waals surface area contributed by atoms with Crippen LogP contribution in [0.3, 0.4) is 0 Å². The lowest BCUT2D eigenvalue weighted by molar-refractivity contribution is -0.122. The van der Waals surface area contributed by atoms with Crippen LogP contribution >= 0.6 is 11.6 Å². The van der Waals surface area contributed by atoms with E-state index in [4.69, 9.17) is 27.1 Å². The third-order valence-corrected chi connectivity index (χ3v) is 6.93. The molecule has 5 rings (SSSR count). The summed E-state index contributed by atoms with van der Waals surface area (Å²) in [5.41, 5.74) is 6.50. The van der Waals surface area contributed by atoms with Gasteiger partial charge in [0.25, 0.3) is 0 Å². The van der Waals surface area contributed by atoms with Crippen LogP contribution in [0.15, 0.2) is 18.3 Å². The summed E-state index contributed by atoms with van der Waals surface area (Å²) >= 11 is 6.13. The molecule has 35 heavy (non-hydrogen) atoms. The molecule has 0 spiro atoms. The molecule has 1 saturated heterocycles. The molecule has 0 unspecified atom stereocenters. The quantitative estimate of drug-likeness (QED) is 0.456. The van der Waals surface area contributed by atoms with Crippen molar-refractivity contribution >= 4 is 46.3 Å². The number of amides is 1. The van der Waals surface area contributed by atoms with E-state index in [1.54, 1.807) is 6.20 Å². The first-order valence-electron chi connectivity index (χ1n) is 11.7. The Morgan fingerprint density at radius 2 is 1.97 bits per heavy atom. The highest BCUT2D eigenvalue weighted by molar-refractivity contribution is 6.33. The number of anilines is 3. The molecule has 12 heteroatoms. The largest absolute Gasteiger partial charge is 0.379 e. The molecule has 2 aromatic heterocycles. The Morgan fingerprint density at radius 1 is 1.17 bits per heavy atom. The number of hydrogen-bond acceptors (Lipinski definition) is 7. The van der Waals surface area contributed by atoms with Gasteiger partial charge in [0.1, 0.15) is 11.3 Å². The number of rotatable bonds is 6. The predicted molar refractivity (Wildman–Crippen MR) is 128 cm³/mol. The fraction of sp³-hybridized carbons (Fsp3) is 0.478. The van der Waals surface area contributed by atoms with E-state index < -0.39 is 11.6 Å². The highest BCUT2D eigenvalue weighted by Crippen LogP contribution is 2.38. The molecular weight excluding hydrogens is 480 g/mol. The molecule has 0 bridgehead atoms. The molecule has 2 fully saturated rings. The van der Waals surface area contributed by atoms with Crippen LogP contribution in [0.1, 0.15) is 44.6 Å². The average Bonchev–Trinajstić information content (AvgIpc) is 3.19. The molecule has 1 aromatic carbocycles. The number of nitrogens with zero attached hydrogens (tertiary/aromatic N) is 4. The number of primary amides is 1. The highest BCUT2D eigenvalue weighted by Gasteiger charge is 2.29. The summed E-state index contributed by atoms with van der Waals surface area (Å²) < 4.78 is 35.6. The van der Waals surface area contributed by atoms with E-state index in [1.165, 1.54) is 0 Å². The molecule has 1 aliphatic carbocycles. The molecule has 1 atom stereocenters. The van der Waals surface area contributed by atoms with Crippen LogP contribution in [-0.2, 0) is 9.53 Å². The van der Waals surface area contributed by atoms with Gasteiger partial charge in [-0.3, -0.25) is 9.36 Å². The Labute approximate surface area is 205 Å². The molecule has 1 aliphatic heterocycles. The van der Waals surface area contributed by atoms with Crippen LogP contribution in [0.25, 0.3) is 11.2 Å². The van der Waals surface area contributed by atoms with Crippen molar-refractivity contribution < 1.29 is 18.3 Å². The average molecular weight is 506 g/mol. The number of imidazole rings is 1. The van der Waals surface area contributed by atoms with Crippen molar-refractivity contribution in [3.05, 3.63) is 35.0 Å². The minimum Gasteiger partial charge on any atom is -0.379 e. The van der Waals surface area contributed by atoms with Gasteiger partial charge in [0.05, 0.1) is 29.6 Å². The molecule has 1 saturated carbocycles. The van der Waals surface area contributed by atoms with Crippen molar-refractivity contribution in [1.29, 1.82) is 0 Å². The van der Waals surface area contributed by atoms with Gasteiger partial charge in [0.15, 0.2) is 11.5 Å². The van der Waals surface area contributed by atoms with Crippen molar-refractivity contribution in [2.75, 3.05) is 23.8 Å². The zero-order valence-corrected chi connectivity index (χ0v) is 19.7. The SMILES string of the molecule is NC(=O)[C@H]1CC[C@@H](n2c(Nc3c(F)cc(F)cc3Cl)nc3cnc(N[C@H]4CCCOC4)nc32)CC1. The summed E-state index contributed by atoms with van der Waals surface area (Å²) in [4.78, 5) is 25.4. The van der Waals surface area contributed by atoms with Crippen molar-refractivity contribution in [3.63, 3.8) is 0 Å². The maximum absolute atomic E-state index is 14.6. The molecule has 9 nitrogen and oxygen atoms in total. The van der Waals surface area contributed by atoms with Crippen molar-refractivity contribution in [1.82, 2.24) is 19.5 Å². The Balaban J connectivity index is 1.52. The van der Waals surface area contributed by atoms with Crippen LogP contribution < -0.4 is 16.4 Å². The standard InChI is InChI=1S/C23H26ClF2N7O2/c24-16-8-13(25)9-17(26)19(16)31-23-30-18-10-28-22(29-14-2-1-7-35-11-14)32-21(18)33(23)15-5-3-12(4-6-15)20(27)34/h8-10,12,14-15H,1-7,11H2,(H2,27,34)(H,30,31)(H,28,29,32)/t12-,14-,15+/m0/s1. The highest BCUT2D eigenvalue weighted by atomic mass is 35.5. The second-order valence-electron chi connectivity index (χ2n) is 9.04. The fourth-order valence-corrected chi connectivity index (χ4v) is 5.07. The lowest BCUT2D eigenvalue weighted by Crippen LogP contribution is -2.31. The van der Waals surface area contributed by atoms with Crippen LogP contribution in [-0.4, -0.2) is 44.7 Å². The summed E-state index contributed by atoms with van der Waals surface area (Å²) in [5, 5.41) is 6.14. The van der Waals surface area contributed by atoms with Gasteiger partial charge in [-0.15, -0.1) is 0 Å². The topological polar surface area (TPSA) is 120 Å². The first-order valence-corrected chi connectivity index (χ1v) is 12.1. The molecular formula is C23H26ClF2N7O2. The number of carbonyl (C=O) groups is 1. The minimum absolute atomic E-state index is 0.0684. The summed E-state index contributed by atoms with van der Waals surface area (Å²) in [5.74, 6) is -1.35. The second-order valence-corrected chi connectivity index (χ2v) is 9.45. The molecule has 4 N–H and O–H groups in total. The number of carbonyl (C=O) groups excluding carboxylic acids is 1. The van der Waals surface area contributed by atoms with E-state index in [1.807, 2.05) is 4.57 Å². The Bertz CT molecular complexity index is 1220. The number of aromatic nitrogens is 4. The second kappa shape index (κ2) is 9.90. The number of benzene rings is 1. The third kappa shape index (κ3) is 5.01. The summed E-state index contributed by atoms with van der Waals surface area (Å²) in [7, 11) is 0. The normalized spacial score (nSPS) is 22.8. The number of hydrogen-bond donors (Lipinski definition) is 3. The number of fused-ring (bicyclic) bond motifs is 1. The lowest BCUT2D eigenvalue weighted by Gasteiger charge is -2.29. The lowest BCUT2D eigenvalue weighted by atomic mass is 9.85. The number of nitrogens with one attached hydrogen (secondary N) is 2.